The predicted molar refractivity (Wildman–Crippen MR) is 65.2 cm³/mol. The minimum atomic E-state index is 0.870. The molecule has 0 aromatic carbocycles. The highest BCUT2D eigenvalue weighted by molar-refractivity contribution is 14.1. The molecule has 0 N–H and O–H groups in total. The molecule has 1 heterocycles. The van der Waals surface area contributed by atoms with Crippen LogP contribution in [-0.4, -0.2) is 9.97 Å². The van der Waals surface area contributed by atoms with Gasteiger partial charge in [-0.1, -0.05) is 45.2 Å². The molecule has 0 fully saturated rings. The van der Waals surface area contributed by atoms with Crippen molar-refractivity contribution in [2.24, 2.45) is 0 Å². The van der Waals surface area contributed by atoms with Gasteiger partial charge in [0, 0.05) is 10.6 Å². The van der Waals surface area contributed by atoms with Crippen molar-refractivity contribution < 1.29 is 0 Å². The third kappa shape index (κ3) is 2.76. The van der Waals surface area contributed by atoms with Crippen molar-refractivity contribution in [2.75, 3.05) is 0 Å². The van der Waals surface area contributed by atoms with E-state index < -0.39 is 0 Å². The third-order valence-corrected chi connectivity index (χ3v) is 3.18. The Hall–Kier alpha value is 1.02. The third-order valence-electron chi connectivity index (χ3n) is 1.11. The molecule has 5 heteroatoms. The summed E-state index contributed by atoms with van der Waals surface area (Å²) >= 11 is 7.93. The van der Waals surface area contributed by atoms with Crippen molar-refractivity contribution in [3.63, 3.8) is 0 Å². The first-order valence-corrected chi connectivity index (χ1v) is 6.74. The molecular weight excluding hydrogens is 434 g/mol. The summed E-state index contributed by atoms with van der Waals surface area (Å²) in [6.45, 7) is 0. The van der Waals surface area contributed by atoms with E-state index in [1.807, 2.05) is 6.20 Å². The molecule has 0 aliphatic rings. The maximum Gasteiger partial charge on any atom is 0.138 e. The summed E-state index contributed by atoms with van der Waals surface area (Å²) in [4.78, 5) is 8.47. The van der Waals surface area contributed by atoms with E-state index in [-0.39, 0.29) is 0 Å². The monoisotopic (exact) mass is 438 g/mol. The van der Waals surface area contributed by atoms with Crippen molar-refractivity contribution in [3.8, 4) is 0 Å². The average molecular weight is 439 g/mol. The Balaban J connectivity index is 3.02. The minimum absolute atomic E-state index is 0.870. The zero-order chi connectivity index (χ0) is 8.27. The van der Waals surface area contributed by atoms with Crippen LogP contribution in [0.3, 0.4) is 0 Å². The number of alkyl halides is 2. The average Bonchev–Trinajstić information content (AvgIpc) is 2.05. The van der Waals surface area contributed by atoms with Gasteiger partial charge in [-0.25, -0.2) is 9.97 Å². The fourth-order valence-corrected chi connectivity index (χ4v) is 2.41. The Morgan fingerprint density at radius 2 is 2.09 bits per heavy atom. The van der Waals surface area contributed by atoms with E-state index in [0.29, 0.717) is 0 Å². The second kappa shape index (κ2) is 4.90. The lowest BCUT2D eigenvalue weighted by Crippen LogP contribution is -1.95. The molecule has 0 saturated carbocycles. The van der Waals surface area contributed by atoms with Gasteiger partial charge in [0.15, 0.2) is 0 Å². The van der Waals surface area contributed by atoms with Crippen molar-refractivity contribution in [2.45, 2.75) is 8.86 Å². The van der Waals surface area contributed by atoms with Crippen LogP contribution in [0.1, 0.15) is 11.5 Å². The lowest BCUT2D eigenvalue weighted by molar-refractivity contribution is 0.991. The van der Waals surface area contributed by atoms with Gasteiger partial charge >= 0.3 is 0 Å². The molecule has 0 unspecified atom stereocenters. The SMILES string of the molecule is Brc1cnc(CI)nc1CI. The number of hydrogen-bond donors (Lipinski definition) is 0. The van der Waals surface area contributed by atoms with Gasteiger partial charge in [0.2, 0.25) is 0 Å². The van der Waals surface area contributed by atoms with Crippen LogP contribution in [-0.2, 0) is 8.86 Å². The number of aromatic nitrogens is 2. The van der Waals surface area contributed by atoms with Crippen LogP contribution in [0.25, 0.3) is 0 Å². The molecule has 11 heavy (non-hydrogen) atoms. The summed E-state index contributed by atoms with van der Waals surface area (Å²) < 4.78 is 2.79. The second-order valence-electron chi connectivity index (χ2n) is 1.85. The molecular formula is C6H5BrI2N2. The lowest BCUT2D eigenvalue weighted by Gasteiger charge is -1.99. The summed E-state index contributed by atoms with van der Waals surface area (Å²) in [6.07, 6.45) is 1.81. The van der Waals surface area contributed by atoms with Gasteiger partial charge in [0.1, 0.15) is 5.82 Å². The van der Waals surface area contributed by atoms with Gasteiger partial charge in [-0.3, -0.25) is 0 Å². The lowest BCUT2D eigenvalue weighted by atomic mass is 10.4. The first-order chi connectivity index (χ1) is 5.27. The number of nitrogens with zero attached hydrogens (tertiary/aromatic N) is 2. The summed E-state index contributed by atoms with van der Waals surface area (Å²) in [6, 6.07) is 0. The minimum Gasteiger partial charge on any atom is -0.239 e. The van der Waals surface area contributed by atoms with Crippen LogP contribution < -0.4 is 0 Å². The quantitative estimate of drug-likeness (QED) is 0.524. The standard InChI is InChI=1S/C6H5BrI2N2/c7-4-3-10-6(2-9)11-5(4)1-8/h3H,1-2H2. The molecule has 1 aromatic rings. The molecule has 0 saturated heterocycles. The van der Waals surface area contributed by atoms with Gasteiger partial charge in [0.25, 0.3) is 0 Å². The van der Waals surface area contributed by atoms with Gasteiger partial charge in [-0.05, 0) is 15.9 Å². The van der Waals surface area contributed by atoms with Crippen molar-refractivity contribution >= 4 is 61.1 Å². The highest BCUT2D eigenvalue weighted by atomic mass is 127. The van der Waals surface area contributed by atoms with Crippen molar-refractivity contribution in [3.05, 3.63) is 22.2 Å². The predicted octanol–water partition coefficient (Wildman–Crippen LogP) is 3.11. The fraction of sp³-hybridized carbons (Fsp3) is 0.333. The van der Waals surface area contributed by atoms with Gasteiger partial charge in [0.05, 0.1) is 14.6 Å². The maximum atomic E-state index is 4.34. The first-order valence-electron chi connectivity index (χ1n) is 2.90. The molecule has 0 bridgehead atoms. The molecule has 0 aliphatic carbocycles. The second-order valence-corrected chi connectivity index (χ2v) is 4.23. The highest BCUT2D eigenvalue weighted by Gasteiger charge is 2.01. The Bertz CT molecular complexity index is 254. The molecule has 1 aromatic heterocycles. The van der Waals surface area contributed by atoms with Crippen LogP contribution in [0, 0.1) is 0 Å². The Labute approximate surface area is 101 Å². The zero-order valence-electron chi connectivity index (χ0n) is 5.52. The Morgan fingerprint density at radius 3 is 2.64 bits per heavy atom. The molecule has 0 radical (unpaired) electrons. The summed E-state index contributed by atoms with van der Waals surface area (Å²) in [5, 5.41) is 0. The van der Waals surface area contributed by atoms with Crippen LogP contribution >= 0.6 is 61.1 Å². The zero-order valence-corrected chi connectivity index (χ0v) is 11.4. The summed E-state index contributed by atoms with van der Waals surface area (Å²) in [7, 11) is 0. The van der Waals surface area contributed by atoms with Gasteiger partial charge in [-0.2, -0.15) is 0 Å². The Morgan fingerprint density at radius 1 is 1.36 bits per heavy atom. The van der Waals surface area contributed by atoms with Crippen LogP contribution in [0.5, 0.6) is 0 Å². The van der Waals surface area contributed by atoms with E-state index in [4.69, 9.17) is 0 Å². The molecule has 60 valence electrons. The number of halogens is 3. The van der Waals surface area contributed by atoms with E-state index in [2.05, 4.69) is 71.1 Å². The number of hydrogen-bond acceptors (Lipinski definition) is 2. The Kier molecular flexibility index (Phi) is 4.50. The smallest absolute Gasteiger partial charge is 0.138 e. The molecule has 0 atom stereocenters. The van der Waals surface area contributed by atoms with Gasteiger partial charge in [-0.15, -0.1) is 0 Å². The van der Waals surface area contributed by atoms with E-state index in [9.17, 15) is 0 Å². The van der Waals surface area contributed by atoms with Crippen LogP contribution in [0.15, 0.2) is 10.7 Å². The van der Waals surface area contributed by atoms with E-state index >= 15 is 0 Å². The van der Waals surface area contributed by atoms with E-state index in [1.165, 1.54) is 0 Å². The number of rotatable bonds is 2. The molecule has 0 aliphatic heterocycles. The van der Waals surface area contributed by atoms with E-state index in [0.717, 1.165) is 24.8 Å². The van der Waals surface area contributed by atoms with Crippen molar-refractivity contribution in [1.82, 2.24) is 9.97 Å². The van der Waals surface area contributed by atoms with Crippen LogP contribution in [0.4, 0.5) is 0 Å². The molecule has 1 rings (SSSR count). The fourth-order valence-electron chi connectivity index (χ4n) is 0.602. The van der Waals surface area contributed by atoms with Gasteiger partial charge < -0.3 is 0 Å². The maximum absolute atomic E-state index is 4.34. The van der Waals surface area contributed by atoms with E-state index in [1.54, 1.807) is 0 Å². The summed E-state index contributed by atoms with van der Waals surface area (Å²) in [5.41, 5.74) is 1.08. The highest BCUT2D eigenvalue weighted by Crippen LogP contribution is 2.16. The first kappa shape index (κ1) is 10.1. The molecule has 2 nitrogen and oxygen atoms in total. The summed E-state index contributed by atoms with van der Waals surface area (Å²) in [5.74, 6) is 0.903. The van der Waals surface area contributed by atoms with Crippen LogP contribution in [0.2, 0.25) is 0 Å². The normalized spacial score (nSPS) is 10.1. The molecule has 0 amide bonds. The van der Waals surface area contributed by atoms with Crippen molar-refractivity contribution in [1.29, 1.82) is 0 Å². The topological polar surface area (TPSA) is 25.8 Å². The molecule has 0 spiro atoms. The largest absolute Gasteiger partial charge is 0.239 e.